The highest BCUT2D eigenvalue weighted by atomic mass is 16.6. The maximum absolute atomic E-state index is 12.5. The summed E-state index contributed by atoms with van der Waals surface area (Å²) >= 11 is 0. The number of carbonyl (C=O) groups is 3. The lowest BCUT2D eigenvalue weighted by atomic mass is 9.86. The van der Waals surface area contributed by atoms with E-state index in [1.165, 1.54) is 7.05 Å². The number of alkyl carbamates (subject to hydrolysis) is 1. The highest BCUT2D eigenvalue weighted by Crippen LogP contribution is 2.25. The first-order valence-electron chi connectivity index (χ1n) is 10.1. The van der Waals surface area contributed by atoms with Crippen molar-refractivity contribution in [2.75, 3.05) is 26.7 Å². The van der Waals surface area contributed by atoms with Gasteiger partial charge >= 0.3 is 12.2 Å². The van der Waals surface area contributed by atoms with E-state index in [0.29, 0.717) is 19.0 Å². The number of amides is 3. The van der Waals surface area contributed by atoms with Crippen molar-refractivity contribution in [3.8, 4) is 0 Å². The average molecular weight is 408 g/mol. The molecule has 0 saturated carbocycles. The number of carbonyl (C=O) groups excluding carboxylic acids is 3. The molecule has 0 spiro atoms. The molecule has 8 heteroatoms. The van der Waals surface area contributed by atoms with Gasteiger partial charge in [-0.05, 0) is 51.5 Å². The molecule has 0 aromatic carbocycles. The number of rotatable bonds is 4. The van der Waals surface area contributed by atoms with Crippen LogP contribution in [0.5, 0.6) is 0 Å². The molecule has 2 aliphatic rings. The highest BCUT2D eigenvalue weighted by molar-refractivity contribution is 5.90. The van der Waals surface area contributed by atoms with Gasteiger partial charge in [0, 0.05) is 20.1 Å². The molecular weight excluding hydrogens is 374 g/mol. The first-order valence-corrected chi connectivity index (χ1v) is 10.1. The number of hydrogen-bond donors (Lipinski definition) is 2. The van der Waals surface area contributed by atoms with Crippen molar-refractivity contribution in [1.82, 2.24) is 15.5 Å². The van der Waals surface area contributed by atoms with Gasteiger partial charge in [0.05, 0.1) is 0 Å². The van der Waals surface area contributed by atoms with E-state index in [2.05, 4.69) is 23.6 Å². The number of ether oxygens (including phenoxy) is 2. The zero-order valence-corrected chi connectivity index (χ0v) is 18.0. The summed E-state index contributed by atoms with van der Waals surface area (Å²) in [6.45, 7) is 8.31. The minimum absolute atomic E-state index is 0.189. The molecule has 0 aromatic heterocycles. The molecule has 0 bridgehead atoms. The number of likely N-dealkylation sites (tertiary alicyclic amines) is 1. The van der Waals surface area contributed by atoms with Crippen LogP contribution in [-0.4, -0.2) is 60.9 Å². The maximum Gasteiger partial charge on any atom is 0.410 e. The SMILES string of the molecule is CNC(=O)C1(NC(=O)OCC2=CC=CC(C)C2)CCN(C(=O)OC(C)(C)C)CC1. The molecule has 1 aliphatic heterocycles. The third-order valence-corrected chi connectivity index (χ3v) is 5.02. The number of piperidine rings is 1. The minimum Gasteiger partial charge on any atom is -0.445 e. The summed E-state index contributed by atoms with van der Waals surface area (Å²) in [5.41, 5.74) is -0.670. The van der Waals surface area contributed by atoms with Crippen molar-refractivity contribution >= 4 is 18.1 Å². The lowest BCUT2D eigenvalue weighted by molar-refractivity contribution is -0.129. The first kappa shape index (κ1) is 22.8. The van der Waals surface area contributed by atoms with Gasteiger partial charge in [0.1, 0.15) is 17.7 Å². The van der Waals surface area contributed by atoms with Crippen molar-refractivity contribution in [2.24, 2.45) is 5.92 Å². The number of allylic oxidation sites excluding steroid dienone is 3. The predicted molar refractivity (Wildman–Crippen MR) is 109 cm³/mol. The summed E-state index contributed by atoms with van der Waals surface area (Å²) in [4.78, 5) is 38.8. The van der Waals surface area contributed by atoms with Crippen LogP contribution in [0.25, 0.3) is 0 Å². The van der Waals surface area contributed by atoms with Gasteiger partial charge in [0.15, 0.2) is 0 Å². The lowest BCUT2D eigenvalue weighted by Crippen LogP contribution is -2.63. The third kappa shape index (κ3) is 6.51. The molecule has 1 unspecified atom stereocenters. The fourth-order valence-electron chi connectivity index (χ4n) is 3.47. The monoisotopic (exact) mass is 407 g/mol. The van der Waals surface area contributed by atoms with Crippen LogP contribution in [0.15, 0.2) is 23.8 Å². The van der Waals surface area contributed by atoms with Crippen molar-refractivity contribution < 1.29 is 23.9 Å². The average Bonchev–Trinajstić information content (AvgIpc) is 2.65. The predicted octanol–water partition coefficient (Wildman–Crippen LogP) is 2.75. The Morgan fingerprint density at radius 1 is 1.24 bits per heavy atom. The molecule has 1 aliphatic carbocycles. The summed E-state index contributed by atoms with van der Waals surface area (Å²) in [7, 11) is 1.53. The van der Waals surface area contributed by atoms with Gasteiger partial charge in [0.25, 0.3) is 0 Å². The number of likely N-dealkylation sites (N-methyl/N-ethyl adjacent to an activating group) is 1. The second kappa shape index (κ2) is 9.33. The third-order valence-electron chi connectivity index (χ3n) is 5.02. The van der Waals surface area contributed by atoms with E-state index < -0.39 is 23.3 Å². The minimum atomic E-state index is -1.11. The molecule has 1 fully saturated rings. The van der Waals surface area contributed by atoms with E-state index in [4.69, 9.17) is 9.47 Å². The van der Waals surface area contributed by atoms with Crippen LogP contribution in [0.2, 0.25) is 0 Å². The second-order valence-electron chi connectivity index (χ2n) is 8.72. The summed E-state index contributed by atoms with van der Waals surface area (Å²) in [6, 6.07) is 0. The Hall–Kier alpha value is -2.51. The summed E-state index contributed by atoms with van der Waals surface area (Å²) in [5.74, 6) is 0.114. The number of hydrogen-bond acceptors (Lipinski definition) is 5. The molecule has 2 N–H and O–H groups in total. The Kier molecular flexibility index (Phi) is 7.32. The van der Waals surface area contributed by atoms with Crippen molar-refractivity contribution in [3.05, 3.63) is 23.8 Å². The molecule has 2 rings (SSSR count). The normalized spacial score (nSPS) is 21.1. The largest absolute Gasteiger partial charge is 0.445 e. The fraction of sp³-hybridized carbons (Fsp3) is 0.667. The van der Waals surface area contributed by atoms with Crippen LogP contribution in [0.4, 0.5) is 9.59 Å². The zero-order chi connectivity index (χ0) is 21.7. The van der Waals surface area contributed by atoms with E-state index in [0.717, 1.165) is 12.0 Å². The van der Waals surface area contributed by atoms with Gasteiger partial charge in [-0.25, -0.2) is 9.59 Å². The molecule has 29 heavy (non-hydrogen) atoms. The molecule has 162 valence electrons. The maximum atomic E-state index is 12.5. The second-order valence-corrected chi connectivity index (χ2v) is 8.72. The first-order chi connectivity index (χ1) is 13.5. The number of nitrogens with one attached hydrogen (secondary N) is 2. The smallest absolute Gasteiger partial charge is 0.410 e. The van der Waals surface area contributed by atoms with Crippen LogP contribution >= 0.6 is 0 Å². The molecule has 1 heterocycles. The molecule has 0 radical (unpaired) electrons. The van der Waals surface area contributed by atoms with Gasteiger partial charge in [-0.2, -0.15) is 0 Å². The van der Waals surface area contributed by atoms with Crippen molar-refractivity contribution in [2.45, 2.75) is 58.1 Å². The van der Waals surface area contributed by atoms with Gasteiger partial charge in [-0.1, -0.05) is 25.2 Å². The molecule has 0 aromatic rings. The zero-order valence-electron chi connectivity index (χ0n) is 18.0. The Morgan fingerprint density at radius 2 is 1.90 bits per heavy atom. The van der Waals surface area contributed by atoms with Crippen LogP contribution in [0.1, 0.15) is 47.0 Å². The fourth-order valence-corrected chi connectivity index (χ4v) is 3.47. The van der Waals surface area contributed by atoms with Crippen molar-refractivity contribution in [3.63, 3.8) is 0 Å². The molecule has 1 atom stereocenters. The summed E-state index contributed by atoms with van der Waals surface area (Å²) < 4.78 is 10.7. The van der Waals surface area contributed by atoms with E-state index in [9.17, 15) is 14.4 Å². The van der Waals surface area contributed by atoms with E-state index in [1.54, 1.807) is 25.7 Å². The Morgan fingerprint density at radius 3 is 2.45 bits per heavy atom. The lowest BCUT2D eigenvalue weighted by Gasteiger charge is -2.40. The van der Waals surface area contributed by atoms with E-state index >= 15 is 0 Å². The molecular formula is C21H33N3O5. The summed E-state index contributed by atoms with van der Waals surface area (Å²) in [5, 5.41) is 5.35. The Bertz CT molecular complexity index is 685. The van der Waals surface area contributed by atoms with Crippen LogP contribution < -0.4 is 10.6 Å². The van der Waals surface area contributed by atoms with Gasteiger partial charge in [0.2, 0.25) is 5.91 Å². The molecule has 8 nitrogen and oxygen atoms in total. The van der Waals surface area contributed by atoms with E-state index in [1.807, 2.05) is 12.2 Å². The number of nitrogens with zero attached hydrogens (tertiary/aromatic N) is 1. The summed E-state index contributed by atoms with van der Waals surface area (Å²) in [6.07, 6.45) is 6.36. The van der Waals surface area contributed by atoms with Crippen LogP contribution in [0, 0.1) is 5.92 Å². The standard InChI is InChI=1S/C21H33N3O5/c1-15-7-6-8-16(13-15)14-28-18(26)23-21(17(25)22-5)9-11-24(12-10-21)19(27)29-20(2,3)4/h6-8,15H,9-14H2,1-5H3,(H,22,25)(H,23,26). The highest BCUT2D eigenvalue weighted by Gasteiger charge is 2.44. The van der Waals surface area contributed by atoms with E-state index in [-0.39, 0.29) is 25.4 Å². The van der Waals surface area contributed by atoms with Gasteiger partial charge in [-0.15, -0.1) is 0 Å². The van der Waals surface area contributed by atoms with Gasteiger partial charge in [-0.3, -0.25) is 4.79 Å². The Balaban J connectivity index is 1.94. The van der Waals surface area contributed by atoms with Crippen LogP contribution in [-0.2, 0) is 14.3 Å². The quantitative estimate of drug-likeness (QED) is 0.747. The molecule has 3 amide bonds. The Labute approximate surface area is 172 Å². The van der Waals surface area contributed by atoms with Crippen molar-refractivity contribution in [1.29, 1.82) is 0 Å². The molecule has 1 saturated heterocycles. The van der Waals surface area contributed by atoms with Crippen LogP contribution in [0.3, 0.4) is 0 Å². The topological polar surface area (TPSA) is 97.0 Å². The van der Waals surface area contributed by atoms with Gasteiger partial charge < -0.3 is 25.0 Å².